The van der Waals surface area contributed by atoms with Crippen LogP contribution in [0.25, 0.3) is 0 Å². The minimum atomic E-state index is -0.398. The second kappa shape index (κ2) is 4.76. The lowest BCUT2D eigenvalue weighted by molar-refractivity contribution is -0.136. The van der Waals surface area contributed by atoms with Gasteiger partial charge in [-0.3, -0.25) is 4.98 Å². The number of nitrogens with one attached hydrogen (secondary N) is 1. The van der Waals surface area contributed by atoms with Gasteiger partial charge in [-0.25, -0.2) is 9.48 Å². The standard InChI is InChI=1S/C13H13N5O2/c1-8-10(12(19)20-2)11(9-4-3-5-14-6-9)18-13(17-8)15-7-16-18/h3-7,11H,1-2H3,(H,15,16,17)/t11-/m0/s1. The van der Waals surface area contributed by atoms with Crippen LogP contribution in [0.1, 0.15) is 18.5 Å². The van der Waals surface area contributed by atoms with Gasteiger partial charge in [0.1, 0.15) is 12.4 Å². The van der Waals surface area contributed by atoms with Crippen molar-refractivity contribution in [3.05, 3.63) is 47.7 Å². The first-order valence-corrected chi connectivity index (χ1v) is 6.08. The van der Waals surface area contributed by atoms with Crippen molar-refractivity contribution < 1.29 is 9.53 Å². The minimum absolute atomic E-state index is 0.394. The maximum absolute atomic E-state index is 12.1. The van der Waals surface area contributed by atoms with Gasteiger partial charge < -0.3 is 10.1 Å². The Morgan fingerprint density at radius 1 is 1.50 bits per heavy atom. The van der Waals surface area contributed by atoms with Gasteiger partial charge in [-0.15, -0.1) is 0 Å². The third-order valence-corrected chi connectivity index (χ3v) is 3.20. The zero-order chi connectivity index (χ0) is 14.1. The lowest BCUT2D eigenvalue weighted by Gasteiger charge is -2.27. The highest BCUT2D eigenvalue weighted by Gasteiger charge is 2.33. The van der Waals surface area contributed by atoms with Crippen molar-refractivity contribution in [3.63, 3.8) is 0 Å². The van der Waals surface area contributed by atoms with Gasteiger partial charge in [0, 0.05) is 18.1 Å². The fourth-order valence-electron chi connectivity index (χ4n) is 2.31. The van der Waals surface area contributed by atoms with Crippen molar-refractivity contribution in [3.8, 4) is 0 Å². The van der Waals surface area contributed by atoms with E-state index < -0.39 is 12.0 Å². The summed E-state index contributed by atoms with van der Waals surface area (Å²) in [6, 6.07) is 3.32. The molecule has 0 spiro atoms. The molecular formula is C13H13N5O2. The number of nitrogens with zero attached hydrogens (tertiary/aromatic N) is 4. The molecule has 7 heteroatoms. The summed E-state index contributed by atoms with van der Waals surface area (Å²) >= 11 is 0. The molecule has 1 N–H and O–H groups in total. The maximum Gasteiger partial charge on any atom is 0.338 e. The Morgan fingerprint density at radius 3 is 3.05 bits per heavy atom. The van der Waals surface area contributed by atoms with Crippen molar-refractivity contribution in [2.24, 2.45) is 0 Å². The number of carbonyl (C=O) groups is 1. The van der Waals surface area contributed by atoms with Crippen LogP contribution in [0.3, 0.4) is 0 Å². The number of methoxy groups -OCH3 is 1. The van der Waals surface area contributed by atoms with Gasteiger partial charge in [0.25, 0.3) is 0 Å². The number of allylic oxidation sites excluding steroid dienone is 1. The lowest BCUT2D eigenvalue weighted by Crippen LogP contribution is -2.29. The molecule has 0 saturated heterocycles. The molecule has 1 aliphatic rings. The summed E-state index contributed by atoms with van der Waals surface area (Å²) in [6.45, 7) is 1.81. The molecule has 0 bridgehead atoms. The SMILES string of the molecule is COC(=O)C1=C(C)Nc2ncnn2[C@H]1c1cccnc1. The van der Waals surface area contributed by atoms with E-state index in [0.29, 0.717) is 17.2 Å². The average molecular weight is 271 g/mol. The monoisotopic (exact) mass is 271 g/mol. The smallest absolute Gasteiger partial charge is 0.338 e. The second-order valence-corrected chi connectivity index (χ2v) is 4.37. The second-order valence-electron chi connectivity index (χ2n) is 4.37. The molecule has 0 fully saturated rings. The molecule has 0 aliphatic carbocycles. The summed E-state index contributed by atoms with van der Waals surface area (Å²) in [7, 11) is 1.36. The quantitative estimate of drug-likeness (QED) is 0.825. The van der Waals surface area contributed by atoms with Crippen molar-refractivity contribution in [2.75, 3.05) is 12.4 Å². The summed E-state index contributed by atoms with van der Waals surface area (Å²) in [6.07, 6.45) is 4.83. The van der Waals surface area contributed by atoms with Gasteiger partial charge in [0.05, 0.1) is 12.7 Å². The maximum atomic E-state index is 12.1. The van der Waals surface area contributed by atoms with Gasteiger partial charge >= 0.3 is 5.97 Å². The Labute approximate surface area is 115 Å². The first-order chi connectivity index (χ1) is 9.72. The highest BCUT2D eigenvalue weighted by molar-refractivity contribution is 5.92. The molecule has 1 atom stereocenters. The molecule has 0 saturated carbocycles. The molecule has 0 amide bonds. The Bertz CT molecular complexity index is 677. The molecule has 3 rings (SSSR count). The summed E-state index contributed by atoms with van der Waals surface area (Å²) in [5, 5.41) is 7.24. The normalized spacial score (nSPS) is 17.4. The lowest BCUT2D eigenvalue weighted by atomic mass is 9.97. The fraction of sp³-hybridized carbons (Fsp3) is 0.231. The molecule has 7 nitrogen and oxygen atoms in total. The van der Waals surface area contributed by atoms with Gasteiger partial charge in [-0.2, -0.15) is 10.1 Å². The van der Waals surface area contributed by atoms with Crippen molar-refractivity contribution in [1.82, 2.24) is 19.7 Å². The Morgan fingerprint density at radius 2 is 2.35 bits per heavy atom. The van der Waals surface area contributed by atoms with E-state index in [1.807, 2.05) is 19.1 Å². The third kappa shape index (κ3) is 1.83. The van der Waals surface area contributed by atoms with E-state index in [2.05, 4.69) is 20.4 Å². The Hall–Kier alpha value is -2.70. The number of carbonyl (C=O) groups excluding carboxylic acids is 1. The van der Waals surface area contributed by atoms with E-state index in [1.54, 1.807) is 17.1 Å². The number of pyridine rings is 1. The molecular weight excluding hydrogens is 258 g/mol. The number of aromatic nitrogens is 4. The number of esters is 1. The molecule has 1 aliphatic heterocycles. The van der Waals surface area contributed by atoms with Crippen LogP contribution >= 0.6 is 0 Å². The van der Waals surface area contributed by atoms with Crippen LogP contribution in [0.5, 0.6) is 0 Å². The molecule has 20 heavy (non-hydrogen) atoms. The highest BCUT2D eigenvalue weighted by atomic mass is 16.5. The van der Waals surface area contributed by atoms with Crippen LogP contribution in [0, 0.1) is 0 Å². The van der Waals surface area contributed by atoms with E-state index >= 15 is 0 Å². The van der Waals surface area contributed by atoms with E-state index in [0.717, 1.165) is 5.56 Å². The van der Waals surface area contributed by atoms with Gasteiger partial charge in [-0.05, 0) is 18.6 Å². The van der Waals surface area contributed by atoms with Crippen LogP contribution < -0.4 is 5.32 Å². The van der Waals surface area contributed by atoms with Crippen molar-refractivity contribution in [1.29, 1.82) is 0 Å². The van der Waals surface area contributed by atoms with Gasteiger partial charge in [-0.1, -0.05) is 6.07 Å². The number of hydrogen-bond donors (Lipinski definition) is 1. The van der Waals surface area contributed by atoms with Crippen LogP contribution in [0.4, 0.5) is 5.95 Å². The summed E-state index contributed by atoms with van der Waals surface area (Å²) in [5.41, 5.74) is 2.05. The van der Waals surface area contributed by atoms with E-state index in [9.17, 15) is 4.79 Å². The summed E-state index contributed by atoms with van der Waals surface area (Å²) < 4.78 is 6.53. The van der Waals surface area contributed by atoms with Gasteiger partial charge in [0.15, 0.2) is 0 Å². The number of fused-ring (bicyclic) bond motifs is 1. The Balaban J connectivity index is 2.19. The number of anilines is 1. The fourth-order valence-corrected chi connectivity index (χ4v) is 2.31. The van der Waals surface area contributed by atoms with Crippen LogP contribution in [-0.4, -0.2) is 32.8 Å². The first-order valence-electron chi connectivity index (χ1n) is 6.08. The van der Waals surface area contributed by atoms with Crippen molar-refractivity contribution in [2.45, 2.75) is 13.0 Å². The predicted molar refractivity (Wildman–Crippen MR) is 70.7 cm³/mol. The highest BCUT2D eigenvalue weighted by Crippen LogP contribution is 2.34. The number of ether oxygens (including phenoxy) is 1. The summed E-state index contributed by atoms with van der Waals surface area (Å²) in [4.78, 5) is 20.3. The van der Waals surface area contributed by atoms with Crippen LogP contribution in [-0.2, 0) is 9.53 Å². The molecule has 0 unspecified atom stereocenters. The minimum Gasteiger partial charge on any atom is -0.466 e. The number of rotatable bonds is 2. The Kier molecular flexibility index (Phi) is 2.94. The molecule has 2 aromatic heterocycles. The number of hydrogen-bond acceptors (Lipinski definition) is 6. The molecule has 0 aromatic carbocycles. The van der Waals surface area contributed by atoms with E-state index in [1.165, 1.54) is 13.4 Å². The molecule has 0 radical (unpaired) electrons. The topological polar surface area (TPSA) is 81.9 Å². The molecule has 102 valence electrons. The zero-order valence-electron chi connectivity index (χ0n) is 11.1. The van der Waals surface area contributed by atoms with Crippen molar-refractivity contribution >= 4 is 11.9 Å². The predicted octanol–water partition coefficient (Wildman–Crippen LogP) is 1.13. The van der Waals surface area contributed by atoms with Gasteiger partial charge in [0.2, 0.25) is 5.95 Å². The molecule has 3 heterocycles. The van der Waals surface area contributed by atoms with E-state index in [-0.39, 0.29) is 0 Å². The average Bonchev–Trinajstić information content (AvgIpc) is 2.93. The van der Waals surface area contributed by atoms with Crippen LogP contribution in [0.2, 0.25) is 0 Å². The van der Waals surface area contributed by atoms with E-state index in [4.69, 9.17) is 4.74 Å². The third-order valence-electron chi connectivity index (χ3n) is 3.20. The summed E-state index contributed by atoms with van der Waals surface area (Å²) in [5.74, 6) is 0.189. The van der Waals surface area contributed by atoms with Crippen LogP contribution in [0.15, 0.2) is 42.1 Å². The first kappa shape index (κ1) is 12.3. The molecule has 2 aromatic rings. The zero-order valence-corrected chi connectivity index (χ0v) is 11.1. The largest absolute Gasteiger partial charge is 0.466 e.